The van der Waals surface area contributed by atoms with Gasteiger partial charge in [0, 0.05) is 25.7 Å². The molecule has 1 saturated heterocycles. The Balaban J connectivity index is 1.62. The molecule has 5 nitrogen and oxygen atoms in total. The molecule has 1 amide bonds. The van der Waals surface area contributed by atoms with Crippen LogP contribution in [0.5, 0.6) is 0 Å². The van der Waals surface area contributed by atoms with Crippen LogP contribution in [0.3, 0.4) is 0 Å². The summed E-state index contributed by atoms with van der Waals surface area (Å²) in [6.07, 6.45) is 3.28. The third kappa shape index (κ3) is 4.34. The van der Waals surface area contributed by atoms with E-state index in [4.69, 9.17) is 0 Å². The molecule has 0 aliphatic carbocycles. The highest BCUT2D eigenvalue weighted by Gasteiger charge is 2.29. The number of piperidine rings is 1. The Labute approximate surface area is 173 Å². The van der Waals surface area contributed by atoms with Crippen LogP contribution in [0.25, 0.3) is 11.4 Å². The molecule has 0 unspecified atom stereocenters. The molecule has 3 aromatic rings. The van der Waals surface area contributed by atoms with Crippen LogP contribution in [0.1, 0.15) is 30.1 Å². The number of nitrogens with zero attached hydrogens (tertiary/aromatic N) is 4. The summed E-state index contributed by atoms with van der Waals surface area (Å²) >= 11 is 1.41. The van der Waals surface area contributed by atoms with Gasteiger partial charge in [0.2, 0.25) is 5.91 Å². The lowest BCUT2D eigenvalue weighted by atomic mass is 10.1. The van der Waals surface area contributed by atoms with Crippen LogP contribution in [-0.4, -0.2) is 38.7 Å². The highest BCUT2D eigenvalue weighted by Crippen LogP contribution is 2.37. The van der Waals surface area contributed by atoms with E-state index in [9.17, 15) is 9.18 Å². The summed E-state index contributed by atoms with van der Waals surface area (Å²) in [5.74, 6) is 0.471. The Hall–Kier alpha value is -2.67. The lowest BCUT2D eigenvalue weighted by Gasteiger charge is -2.30. The predicted molar refractivity (Wildman–Crippen MR) is 112 cm³/mol. The van der Waals surface area contributed by atoms with Crippen molar-refractivity contribution in [1.29, 1.82) is 0 Å². The van der Waals surface area contributed by atoms with Gasteiger partial charge < -0.3 is 9.47 Å². The monoisotopic (exact) mass is 410 g/mol. The molecule has 150 valence electrons. The molecule has 0 radical (unpaired) electrons. The lowest BCUT2D eigenvalue weighted by Crippen LogP contribution is -2.38. The van der Waals surface area contributed by atoms with Gasteiger partial charge in [-0.05, 0) is 49.1 Å². The van der Waals surface area contributed by atoms with Gasteiger partial charge >= 0.3 is 0 Å². The van der Waals surface area contributed by atoms with Crippen LogP contribution in [0, 0.1) is 5.82 Å². The number of carbonyl (C=O) groups excluding carboxylic acids is 1. The van der Waals surface area contributed by atoms with Gasteiger partial charge in [-0.3, -0.25) is 4.79 Å². The molecule has 1 atom stereocenters. The molecule has 1 aliphatic rings. The van der Waals surface area contributed by atoms with Gasteiger partial charge in [0.1, 0.15) is 11.1 Å². The number of hydrogen-bond acceptors (Lipinski definition) is 4. The SMILES string of the molecule is Cn1c(S[C@@H](C(=O)N2CCCCC2)c2ccccc2)nnc1-c1ccc(F)cc1. The highest BCUT2D eigenvalue weighted by molar-refractivity contribution is 8.00. The normalized spacial score (nSPS) is 15.3. The maximum atomic E-state index is 13.3. The third-order valence-electron chi connectivity index (χ3n) is 5.15. The number of amides is 1. The number of likely N-dealkylation sites (tertiary alicyclic amines) is 1. The summed E-state index contributed by atoms with van der Waals surface area (Å²) < 4.78 is 15.1. The van der Waals surface area contributed by atoms with Gasteiger partial charge in [0.05, 0.1) is 0 Å². The number of rotatable bonds is 5. The van der Waals surface area contributed by atoms with E-state index in [1.165, 1.54) is 30.3 Å². The summed E-state index contributed by atoms with van der Waals surface area (Å²) in [4.78, 5) is 15.3. The molecule has 0 bridgehead atoms. The van der Waals surface area contributed by atoms with Crippen molar-refractivity contribution < 1.29 is 9.18 Å². The third-order valence-corrected chi connectivity index (χ3v) is 6.43. The molecule has 0 saturated carbocycles. The van der Waals surface area contributed by atoms with E-state index < -0.39 is 0 Å². The van der Waals surface area contributed by atoms with Gasteiger partial charge in [-0.2, -0.15) is 0 Å². The van der Waals surface area contributed by atoms with Gasteiger partial charge in [0.15, 0.2) is 11.0 Å². The molecular weight excluding hydrogens is 387 g/mol. The first kappa shape index (κ1) is 19.6. The Morgan fingerprint density at radius 1 is 1.00 bits per heavy atom. The molecule has 1 aliphatic heterocycles. The second-order valence-corrected chi connectivity index (χ2v) is 8.24. The average Bonchev–Trinajstić information content (AvgIpc) is 3.13. The van der Waals surface area contributed by atoms with Crippen molar-refractivity contribution in [2.24, 2.45) is 7.05 Å². The van der Waals surface area contributed by atoms with Gasteiger partial charge in [-0.15, -0.1) is 10.2 Å². The van der Waals surface area contributed by atoms with E-state index in [1.54, 1.807) is 12.1 Å². The second kappa shape index (κ2) is 8.78. The fourth-order valence-electron chi connectivity index (χ4n) is 3.54. The zero-order chi connectivity index (χ0) is 20.2. The molecule has 1 aromatic heterocycles. The van der Waals surface area contributed by atoms with Crippen molar-refractivity contribution in [2.75, 3.05) is 13.1 Å². The second-order valence-electron chi connectivity index (χ2n) is 7.17. The zero-order valence-corrected chi connectivity index (χ0v) is 17.1. The first-order chi connectivity index (χ1) is 14.1. The van der Waals surface area contributed by atoms with E-state index in [0.717, 1.165) is 37.1 Å². The Bertz CT molecular complexity index is 968. The molecule has 1 fully saturated rings. The number of hydrogen-bond donors (Lipinski definition) is 0. The minimum atomic E-state index is -0.377. The molecule has 2 aromatic carbocycles. The maximum absolute atomic E-state index is 13.3. The van der Waals surface area contributed by atoms with E-state index in [-0.39, 0.29) is 17.0 Å². The van der Waals surface area contributed by atoms with Crippen molar-refractivity contribution in [3.63, 3.8) is 0 Å². The molecule has 0 spiro atoms. The van der Waals surface area contributed by atoms with E-state index in [2.05, 4.69) is 10.2 Å². The number of benzene rings is 2. The van der Waals surface area contributed by atoms with Gasteiger partial charge in [-0.25, -0.2) is 4.39 Å². The number of aromatic nitrogens is 3. The van der Waals surface area contributed by atoms with Crippen molar-refractivity contribution in [3.05, 3.63) is 66.0 Å². The Kier molecular flexibility index (Phi) is 5.94. The van der Waals surface area contributed by atoms with Crippen molar-refractivity contribution >= 4 is 17.7 Å². The zero-order valence-electron chi connectivity index (χ0n) is 16.3. The van der Waals surface area contributed by atoms with Crippen molar-refractivity contribution in [1.82, 2.24) is 19.7 Å². The van der Waals surface area contributed by atoms with Crippen LogP contribution in [-0.2, 0) is 11.8 Å². The minimum absolute atomic E-state index is 0.118. The van der Waals surface area contributed by atoms with Gasteiger partial charge in [-0.1, -0.05) is 42.1 Å². The van der Waals surface area contributed by atoms with Crippen LogP contribution >= 0.6 is 11.8 Å². The van der Waals surface area contributed by atoms with Gasteiger partial charge in [0.25, 0.3) is 0 Å². The fourth-order valence-corrected chi connectivity index (χ4v) is 4.63. The summed E-state index contributed by atoms with van der Waals surface area (Å²) in [7, 11) is 1.87. The molecule has 0 N–H and O–H groups in total. The molecule has 4 rings (SSSR count). The van der Waals surface area contributed by atoms with Crippen LogP contribution in [0.2, 0.25) is 0 Å². The average molecular weight is 411 g/mol. The smallest absolute Gasteiger partial charge is 0.240 e. The number of carbonyl (C=O) groups is 1. The van der Waals surface area contributed by atoms with Crippen molar-refractivity contribution in [2.45, 2.75) is 29.7 Å². The first-order valence-corrected chi connectivity index (χ1v) is 10.7. The summed E-state index contributed by atoms with van der Waals surface area (Å²) in [6.45, 7) is 1.62. The van der Waals surface area contributed by atoms with E-state index in [1.807, 2.05) is 46.8 Å². The Morgan fingerprint density at radius 2 is 1.69 bits per heavy atom. The summed E-state index contributed by atoms with van der Waals surface area (Å²) in [5.41, 5.74) is 1.74. The van der Waals surface area contributed by atoms with E-state index in [0.29, 0.717) is 11.0 Å². The quantitative estimate of drug-likeness (QED) is 0.583. The van der Waals surface area contributed by atoms with Crippen LogP contribution < -0.4 is 0 Å². The molecular formula is C22H23FN4OS. The Morgan fingerprint density at radius 3 is 2.38 bits per heavy atom. The highest BCUT2D eigenvalue weighted by atomic mass is 32.2. The predicted octanol–water partition coefficient (Wildman–Crippen LogP) is 4.47. The number of thioether (sulfide) groups is 1. The summed E-state index contributed by atoms with van der Waals surface area (Å²) in [5, 5.41) is 8.88. The number of halogens is 1. The largest absolute Gasteiger partial charge is 0.341 e. The van der Waals surface area contributed by atoms with Crippen molar-refractivity contribution in [3.8, 4) is 11.4 Å². The standard InChI is InChI=1S/C22H23FN4OS/c1-26-20(17-10-12-18(23)13-11-17)24-25-22(26)29-19(16-8-4-2-5-9-16)21(28)27-14-6-3-7-15-27/h2,4-5,8-13,19H,3,6-7,14-15H2,1H3/t19-/m1/s1. The summed E-state index contributed by atoms with van der Waals surface area (Å²) in [6, 6.07) is 16.0. The molecule has 7 heteroatoms. The maximum Gasteiger partial charge on any atom is 0.240 e. The topological polar surface area (TPSA) is 51.0 Å². The minimum Gasteiger partial charge on any atom is -0.341 e. The molecule has 2 heterocycles. The first-order valence-electron chi connectivity index (χ1n) is 9.79. The van der Waals surface area contributed by atoms with Crippen LogP contribution in [0.15, 0.2) is 59.8 Å². The fraction of sp³-hybridized carbons (Fsp3) is 0.318. The lowest BCUT2D eigenvalue weighted by molar-refractivity contribution is -0.131. The van der Waals surface area contributed by atoms with Crippen LogP contribution in [0.4, 0.5) is 4.39 Å². The molecule has 29 heavy (non-hydrogen) atoms. The van der Waals surface area contributed by atoms with E-state index >= 15 is 0 Å².